The van der Waals surface area contributed by atoms with E-state index in [4.69, 9.17) is 9.72 Å². The zero-order valence-electron chi connectivity index (χ0n) is 18.8. The fraction of sp³-hybridized carbons (Fsp3) is 0.320. The number of thioether (sulfide) groups is 1. The Morgan fingerprint density at radius 3 is 2.91 bits per heavy atom. The maximum absolute atomic E-state index is 13.9. The maximum Gasteiger partial charge on any atom is 0.267 e. The summed E-state index contributed by atoms with van der Waals surface area (Å²) in [6.45, 7) is 5.08. The van der Waals surface area contributed by atoms with Crippen molar-refractivity contribution in [2.45, 2.75) is 31.5 Å². The number of rotatable bonds is 7. The standard InChI is InChI=1S/C25H26N4O2S2/c1-3-28-13-10-20-21(16-28)33-23-22(20)24(30)29(18-8-6-9-19(15-18)31-2)25(27-23)32-14-11-17-7-4-5-12-26-17/h4-9,12,15H,3,10-11,13-14,16H2,1-2H3. The topological polar surface area (TPSA) is 60.3 Å². The molecular formula is C25H26N4O2S2. The highest BCUT2D eigenvalue weighted by atomic mass is 32.2. The number of aromatic nitrogens is 3. The van der Waals surface area contributed by atoms with Gasteiger partial charge in [0.25, 0.3) is 5.56 Å². The highest BCUT2D eigenvalue weighted by molar-refractivity contribution is 7.99. The summed E-state index contributed by atoms with van der Waals surface area (Å²) in [5, 5.41) is 1.49. The van der Waals surface area contributed by atoms with Crippen molar-refractivity contribution in [2.75, 3.05) is 26.0 Å². The second-order valence-corrected chi connectivity index (χ2v) is 10.1. The van der Waals surface area contributed by atoms with E-state index in [-0.39, 0.29) is 5.56 Å². The van der Waals surface area contributed by atoms with Gasteiger partial charge < -0.3 is 4.74 Å². The molecule has 8 heteroatoms. The minimum atomic E-state index is 0.0102. The third kappa shape index (κ3) is 4.43. The van der Waals surface area contributed by atoms with Crippen molar-refractivity contribution in [3.05, 3.63) is 75.1 Å². The third-order valence-corrected chi connectivity index (χ3v) is 8.05. The van der Waals surface area contributed by atoms with Crippen LogP contribution in [-0.4, -0.2) is 45.4 Å². The highest BCUT2D eigenvalue weighted by Crippen LogP contribution is 2.34. The van der Waals surface area contributed by atoms with E-state index in [1.54, 1.807) is 34.8 Å². The lowest BCUT2D eigenvalue weighted by Crippen LogP contribution is -2.30. The predicted octanol–water partition coefficient (Wildman–Crippen LogP) is 4.56. The maximum atomic E-state index is 13.9. The van der Waals surface area contributed by atoms with Crippen molar-refractivity contribution in [3.8, 4) is 11.4 Å². The number of nitrogens with zero attached hydrogens (tertiary/aromatic N) is 4. The number of pyridine rings is 1. The van der Waals surface area contributed by atoms with Gasteiger partial charge in [0.15, 0.2) is 5.16 Å². The Kier molecular flexibility index (Phi) is 6.48. The van der Waals surface area contributed by atoms with Gasteiger partial charge in [-0.2, -0.15) is 0 Å². The fourth-order valence-electron chi connectivity index (χ4n) is 4.21. The lowest BCUT2D eigenvalue weighted by Gasteiger charge is -2.25. The summed E-state index contributed by atoms with van der Waals surface area (Å²) in [7, 11) is 1.64. The molecule has 0 aliphatic carbocycles. The molecule has 1 aliphatic heterocycles. The first-order valence-corrected chi connectivity index (χ1v) is 12.9. The number of ether oxygens (including phenoxy) is 1. The van der Waals surface area contributed by atoms with Gasteiger partial charge in [0.2, 0.25) is 0 Å². The lowest BCUT2D eigenvalue weighted by atomic mass is 10.1. The monoisotopic (exact) mass is 478 g/mol. The van der Waals surface area contributed by atoms with Crippen LogP contribution in [0.25, 0.3) is 15.9 Å². The van der Waals surface area contributed by atoms with Gasteiger partial charge in [-0.1, -0.05) is 30.8 Å². The number of thiophene rings is 1. The highest BCUT2D eigenvalue weighted by Gasteiger charge is 2.25. The van der Waals surface area contributed by atoms with Crippen LogP contribution in [0, 0.1) is 0 Å². The number of hydrogen-bond donors (Lipinski definition) is 0. The van der Waals surface area contributed by atoms with Crippen LogP contribution in [0.2, 0.25) is 0 Å². The Balaban J connectivity index is 1.59. The summed E-state index contributed by atoms with van der Waals surface area (Å²) in [6.07, 6.45) is 3.51. The Bertz CT molecular complexity index is 1330. The van der Waals surface area contributed by atoms with Crippen LogP contribution in [0.5, 0.6) is 5.75 Å². The second kappa shape index (κ2) is 9.67. The fourth-order valence-corrected chi connectivity index (χ4v) is 6.49. The van der Waals surface area contributed by atoms with Crippen LogP contribution in [0.3, 0.4) is 0 Å². The largest absolute Gasteiger partial charge is 0.497 e. The molecule has 0 saturated heterocycles. The summed E-state index contributed by atoms with van der Waals surface area (Å²) < 4.78 is 7.19. The lowest BCUT2D eigenvalue weighted by molar-refractivity contribution is 0.272. The summed E-state index contributed by atoms with van der Waals surface area (Å²) in [4.78, 5) is 27.9. The normalized spacial score (nSPS) is 13.9. The average Bonchev–Trinajstić information content (AvgIpc) is 3.22. The number of aryl methyl sites for hydroxylation is 1. The Labute approximate surface area is 201 Å². The van der Waals surface area contributed by atoms with Crippen LogP contribution >= 0.6 is 23.1 Å². The van der Waals surface area contributed by atoms with E-state index in [1.807, 2.05) is 48.7 Å². The molecular weight excluding hydrogens is 452 g/mol. The molecule has 0 radical (unpaired) electrons. The summed E-state index contributed by atoms with van der Waals surface area (Å²) in [5.41, 5.74) is 3.00. The van der Waals surface area contributed by atoms with E-state index in [1.165, 1.54) is 10.4 Å². The van der Waals surface area contributed by atoms with Crippen LogP contribution in [-0.2, 0) is 19.4 Å². The van der Waals surface area contributed by atoms with E-state index < -0.39 is 0 Å². The van der Waals surface area contributed by atoms with Gasteiger partial charge in [-0.15, -0.1) is 11.3 Å². The molecule has 0 N–H and O–H groups in total. The van der Waals surface area contributed by atoms with Crippen molar-refractivity contribution >= 4 is 33.3 Å². The van der Waals surface area contributed by atoms with E-state index in [0.717, 1.165) is 65.6 Å². The molecule has 5 rings (SSSR count). The molecule has 1 aromatic carbocycles. The molecule has 0 amide bonds. The predicted molar refractivity (Wildman–Crippen MR) is 135 cm³/mol. The second-order valence-electron chi connectivity index (χ2n) is 7.96. The van der Waals surface area contributed by atoms with Crippen molar-refractivity contribution in [1.29, 1.82) is 0 Å². The van der Waals surface area contributed by atoms with Gasteiger partial charge >= 0.3 is 0 Å². The first kappa shape index (κ1) is 22.1. The minimum Gasteiger partial charge on any atom is -0.497 e. The number of methoxy groups -OCH3 is 1. The number of hydrogen-bond acceptors (Lipinski definition) is 7. The molecule has 6 nitrogen and oxygen atoms in total. The molecule has 4 heterocycles. The molecule has 1 aliphatic rings. The van der Waals surface area contributed by atoms with Crippen LogP contribution in [0.1, 0.15) is 23.1 Å². The first-order valence-electron chi connectivity index (χ1n) is 11.1. The molecule has 0 atom stereocenters. The number of likely N-dealkylation sites (N-methyl/N-ethyl adjacent to an activating group) is 1. The van der Waals surface area contributed by atoms with Gasteiger partial charge in [0.1, 0.15) is 10.6 Å². The zero-order valence-corrected chi connectivity index (χ0v) is 20.4. The molecule has 0 fully saturated rings. The van der Waals surface area contributed by atoms with E-state index in [9.17, 15) is 4.79 Å². The van der Waals surface area contributed by atoms with E-state index in [0.29, 0.717) is 5.16 Å². The minimum absolute atomic E-state index is 0.0102. The summed E-state index contributed by atoms with van der Waals surface area (Å²) in [6, 6.07) is 13.6. The van der Waals surface area contributed by atoms with Gasteiger partial charge in [0, 0.05) is 41.7 Å². The van der Waals surface area contributed by atoms with Gasteiger partial charge in [0.05, 0.1) is 18.2 Å². The summed E-state index contributed by atoms with van der Waals surface area (Å²) >= 11 is 3.27. The van der Waals surface area contributed by atoms with Crippen molar-refractivity contribution in [3.63, 3.8) is 0 Å². The van der Waals surface area contributed by atoms with Gasteiger partial charge in [-0.05, 0) is 49.2 Å². The Morgan fingerprint density at radius 2 is 2.12 bits per heavy atom. The third-order valence-electron chi connectivity index (χ3n) is 6.00. The smallest absolute Gasteiger partial charge is 0.267 e. The van der Waals surface area contributed by atoms with Crippen LogP contribution < -0.4 is 10.3 Å². The van der Waals surface area contributed by atoms with Crippen molar-refractivity contribution in [2.24, 2.45) is 0 Å². The molecule has 3 aromatic heterocycles. The van der Waals surface area contributed by atoms with Crippen LogP contribution in [0.4, 0.5) is 0 Å². The molecule has 0 saturated carbocycles. The quantitative estimate of drug-likeness (QED) is 0.287. The van der Waals surface area contributed by atoms with Gasteiger partial charge in [-0.25, -0.2) is 4.98 Å². The molecule has 33 heavy (non-hydrogen) atoms. The van der Waals surface area contributed by atoms with Crippen molar-refractivity contribution < 1.29 is 4.74 Å². The summed E-state index contributed by atoms with van der Waals surface area (Å²) in [5.74, 6) is 1.50. The zero-order chi connectivity index (χ0) is 22.8. The van der Waals surface area contributed by atoms with Gasteiger partial charge in [-0.3, -0.25) is 19.2 Å². The molecule has 0 bridgehead atoms. The van der Waals surface area contributed by atoms with Crippen molar-refractivity contribution in [1.82, 2.24) is 19.4 Å². The first-order chi connectivity index (χ1) is 16.2. The molecule has 4 aromatic rings. The molecule has 170 valence electrons. The average molecular weight is 479 g/mol. The van der Waals surface area contributed by atoms with Crippen LogP contribution in [0.15, 0.2) is 58.6 Å². The molecule has 0 spiro atoms. The Morgan fingerprint density at radius 1 is 1.21 bits per heavy atom. The number of fused-ring (bicyclic) bond motifs is 3. The Hall–Kier alpha value is -2.68. The molecule has 0 unspecified atom stereocenters. The van der Waals surface area contributed by atoms with E-state index in [2.05, 4.69) is 16.8 Å². The number of benzene rings is 1. The van der Waals surface area contributed by atoms with E-state index >= 15 is 0 Å². The SMILES string of the molecule is CCN1CCc2c(sc3nc(SCCc4ccccn4)n(-c4cccc(OC)c4)c(=O)c23)C1.